The zero-order valence-corrected chi connectivity index (χ0v) is 7.80. The number of aryl methyl sites for hydroxylation is 1. The Kier molecular flexibility index (Phi) is 2.18. The minimum atomic E-state index is 0.197. The summed E-state index contributed by atoms with van der Waals surface area (Å²) in [5, 5.41) is 0. The van der Waals surface area contributed by atoms with E-state index in [-0.39, 0.29) is 5.82 Å². The second-order valence-corrected chi connectivity index (χ2v) is 3.92. The smallest absolute Gasteiger partial charge is 0.194 e. The highest BCUT2D eigenvalue weighted by Crippen LogP contribution is 2.26. The third-order valence-electron chi connectivity index (χ3n) is 1.98. The number of aromatic nitrogens is 2. The minimum absolute atomic E-state index is 0.197. The molecule has 1 aliphatic heterocycles. The van der Waals surface area contributed by atoms with Crippen LogP contribution in [-0.4, -0.2) is 22.0 Å². The lowest BCUT2D eigenvalue weighted by atomic mass is 10.2. The number of carbonyl (C=O) groups excluding carboxylic acids is 1. The Morgan fingerprint density at radius 3 is 3.08 bits per heavy atom. The fraction of sp³-hybridized carbons (Fsp3) is 0.375. The monoisotopic (exact) mass is 195 g/mol. The van der Waals surface area contributed by atoms with Crippen LogP contribution < -0.4 is 5.73 Å². The van der Waals surface area contributed by atoms with Gasteiger partial charge in [-0.1, -0.05) is 0 Å². The molecule has 13 heavy (non-hydrogen) atoms. The van der Waals surface area contributed by atoms with E-state index >= 15 is 0 Å². The summed E-state index contributed by atoms with van der Waals surface area (Å²) in [7, 11) is 0. The van der Waals surface area contributed by atoms with Crippen LogP contribution in [0.25, 0.3) is 0 Å². The summed E-state index contributed by atoms with van der Waals surface area (Å²) < 4.78 is 0. The summed E-state index contributed by atoms with van der Waals surface area (Å²) in [6, 6.07) is 0. The standard InChI is InChI=1S/C8H9N3OS/c9-8-5-4-13-2-1-6(5)10-7(3-12)11-8/h3H,1-2,4H2,(H2,9,10,11). The molecule has 0 radical (unpaired) electrons. The van der Waals surface area contributed by atoms with Gasteiger partial charge in [-0.25, -0.2) is 9.97 Å². The fourth-order valence-electron chi connectivity index (χ4n) is 1.33. The second-order valence-electron chi connectivity index (χ2n) is 2.81. The number of hydrogen-bond donors (Lipinski definition) is 1. The van der Waals surface area contributed by atoms with Crippen LogP contribution in [0, 0.1) is 0 Å². The molecule has 0 saturated heterocycles. The first-order valence-corrected chi connectivity index (χ1v) is 5.15. The van der Waals surface area contributed by atoms with Crippen molar-refractivity contribution in [3.05, 3.63) is 17.1 Å². The molecule has 0 saturated carbocycles. The molecule has 0 aliphatic carbocycles. The van der Waals surface area contributed by atoms with Gasteiger partial charge in [-0.05, 0) is 12.2 Å². The molecule has 2 heterocycles. The van der Waals surface area contributed by atoms with Crippen molar-refractivity contribution in [2.75, 3.05) is 11.5 Å². The molecule has 2 rings (SSSR count). The predicted octanol–water partition coefficient (Wildman–Crippen LogP) is 0.661. The number of nitrogens with zero attached hydrogens (tertiary/aromatic N) is 2. The molecule has 1 aliphatic rings. The SMILES string of the molecule is Nc1nc(C=O)nc2c1CSCC2. The van der Waals surface area contributed by atoms with Gasteiger partial charge in [0, 0.05) is 11.3 Å². The van der Waals surface area contributed by atoms with Crippen LogP contribution in [0.4, 0.5) is 5.82 Å². The van der Waals surface area contributed by atoms with Crippen molar-refractivity contribution in [1.29, 1.82) is 0 Å². The quantitative estimate of drug-likeness (QED) is 0.667. The molecule has 0 bridgehead atoms. The van der Waals surface area contributed by atoms with Crippen molar-refractivity contribution < 1.29 is 4.79 Å². The molecule has 4 nitrogen and oxygen atoms in total. The van der Waals surface area contributed by atoms with E-state index in [2.05, 4.69) is 9.97 Å². The normalized spacial score (nSPS) is 15.1. The zero-order valence-electron chi connectivity index (χ0n) is 6.99. The molecule has 1 aromatic heterocycles. The topological polar surface area (TPSA) is 68.9 Å². The number of aldehydes is 1. The van der Waals surface area contributed by atoms with E-state index in [1.165, 1.54) is 0 Å². The van der Waals surface area contributed by atoms with Crippen molar-refractivity contribution in [3.63, 3.8) is 0 Å². The van der Waals surface area contributed by atoms with Gasteiger partial charge in [-0.2, -0.15) is 11.8 Å². The van der Waals surface area contributed by atoms with E-state index in [1.54, 1.807) is 0 Å². The van der Waals surface area contributed by atoms with Gasteiger partial charge in [-0.3, -0.25) is 4.79 Å². The summed E-state index contributed by atoms with van der Waals surface area (Å²) in [6.07, 6.45) is 1.52. The number of fused-ring (bicyclic) bond motifs is 1. The van der Waals surface area contributed by atoms with Gasteiger partial charge in [0.05, 0.1) is 5.69 Å². The maximum atomic E-state index is 10.5. The third kappa shape index (κ3) is 1.51. The van der Waals surface area contributed by atoms with E-state index in [9.17, 15) is 4.79 Å². The molecule has 68 valence electrons. The Morgan fingerprint density at radius 2 is 2.31 bits per heavy atom. The Morgan fingerprint density at radius 1 is 1.46 bits per heavy atom. The van der Waals surface area contributed by atoms with Gasteiger partial charge in [0.25, 0.3) is 0 Å². The highest BCUT2D eigenvalue weighted by Gasteiger charge is 2.15. The summed E-state index contributed by atoms with van der Waals surface area (Å²) in [5.41, 5.74) is 7.63. The van der Waals surface area contributed by atoms with E-state index in [0.717, 1.165) is 29.2 Å². The average molecular weight is 195 g/mol. The molecule has 0 aromatic carbocycles. The maximum Gasteiger partial charge on any atom is 0.194 e. The molecule has 0 fully saturated rings. The minimum Gasteiger partial charge on any atom is -0.383 e. The Hall–Kier alpha value is -1.10. The number of rotatable bonds is 1. The number of nitrogen functional groups attached to an aromatic ring is 1. The van der Waals surface area contributed by atoms with Gasteiger partial charge in [0.1, 0.15) is 5.82 Å². The fourth-order valence-corrected chi connectivity index (χ4v) is 2.33. The van der Waals surface area contributed by atoms with Crippen molar-refractivity contribution in [2.24, 2.45) is 0 Å². The molecule has 0 amide bonds. The molecule has 1 aromatic rings. The highest BCUT2D eigenvalue weighted by molar-refractivity contribution is 7.98. The maximum absolute atomic E-state index is 10.5. The van der Waals surface area contributed by atoms with Crippen LogP contribution in [0.5, 0.6) is 0 Å². The first-order chi connectivity index (χ1) is 6.31. The number of carbonyl (C=O) groups is 1. The largest absolute Gasteiger partial charge is 0.383 e. The van der Waals surface area contributed by atoms with Crippen LogP contribution in [-0.2, 0) is 12.2 Å². The number of hydrogen-bond acceptors (Lipinski definition) is 5. The van der Waals surface area contributed by atoms with Gasteiger partial charge in [0.2, 0.25) is 0 Å². The van der Waals surface area contributed by atoms with Gasteiger partial charge in [0.15, 0.2) is 12.1 Å². The van der Waals surface area contributed by atoms with Crippen LogP contribution in [0.2, 0.25) is 0 Å². The molecule has 2 N–H and O–H groups in total. The first-order valence-electron chi connectivity index (χ1n) is 3.99. The van der Waals surface area contributed by atoms with Crippen molar-refractivity contribution in [3.8, 4) is 0 Å². The third-order valence-corrected chi connectivity index (χ3v) is 2.96. The second kappa shape index (κ2) is 3.33. The van der Waals surface area contributed by atoms with Crippen molar-refractivity contribution >= 4 is 23.9 Å². The van der Waals surface area contributed by atoms with Crippen LogP contribution >= 0.6 is 11.8 Å². The summed E-state index contributed by atoms with van der Waals surface area (Å²) in [6.45, 7) is 0. The lowest BCUT2D eigenvalue weighted by Gasteiger charge is -2.15. The van der Waals surface area contributed by atoms with Crippen molar-refractivity contribution in [2.45, 2.75) is 12.2 Å². The predicted molar refractivity (Wildman–Crippen MR) is 51.7 cm³/mol. The molecule has 0 spiro atoms. The molecular formula is C8H9N3OS. The molecular weight excluding hydrogens is 186 g/mol. The van der Waals surface area contributed by atoms with Crippen LogP contribution in [0.3, 0.4) is 0 Å². The van der Waals surface area contributed by atoms with E-state index < -0.39 is 0 Å². The summed E-state index contributed by atoms with van der Waals surface area (Å²) in [4.78, 5) is 18.5. The van der Waals surface area contributed by atoms with Gasteiger partial charge >= 0.3 is 0 Å². The Labute approximate surface area is 79.9 Å². The molecule has 0 atom stereocenters. The number of anilines is 1. The van der Waals surface area contributed by atoms with Crippen LogP contribution in [0.15, 0.2) is 0 Å². The lowest BCUT2D eigenvalue weighted by Crippen LogP contribution is -2.12. The van der Waals surface area contributed by atoms with E-state index in [1.807, 2.05) is 11.8 Å². The molecule has 0 unspecified atom stereocenters. The van der Waals surface area contributed by atoms with E-state index in [4.69, 9.17) is 5.73 Å². The lowest BCUT2D eigenvalue weighted by molar-refractivity contribution is 0.111. The summed E-state index contributed by atoms with van der Waals surface area (Å²) in [5.74, 6) is 2.56. The van der Waals surface area contributed by atoms with Crippen molar-refractivity contribution in [1.82, 2.24) is 9.97 Å². The Bertz CT molecular complexity index is 353. The first kappa shape index (κ1) is 8.50. The molecule has 5 heteroatoms. The van der Waals surface area contributed by atoms with Gasteiger partial charge < -0.3 is 5.73 Å². The highest BCUT2D eigenvalue weighted by atomic mass is 32.2. The average Bonchev–Trinajstić information content (AvgIpc) is 2.18. The number of thioether (sulfide) groups is 1. The number of nitrogens with two attached hydrogens (primary N) is 1. The van der Waals surface area contributed by atoms with E-state index in [0.29, 0.717) is 12.1 Å². The van der Waals surface area contributed by atoms with Crippen LogP contribution in [0.1, 0.15) is 21.9 Å². The summed E-state index contributed by atoms with van der Waals surface area (Å²) >= 11 is 1.82. The zero-order chi connectivity index (χ0) is 9.26. The van der Waals surface area contributed by atoms with Gasteiger partial charge in [-0.15, -0.1) is 0 Å². The Balaban J connectivity index is 2.52.